The summed E-state index contributed by atoms with van der Waals surface area (Å²) in [5, 5.41) is 14.4. The van der Waals surface area contributed by atoms with E-state index >= 15 is 0 Å². The highest BCUT2D eigenvalue weighted by Crippen LogP contribution is 2.22. The lowest BCUT2D eigenvalue weighted by molar-refractivity contribution is 0.388. The molecule has 0 spiro atoms. The Balaban J connectivity index is 3.14. The average Bonchev–Trinajstić information content (AvgIpc) is 2.22. The van der Waals surface area contributed by atoms with Crippen LogP contribution in [0.4, 0.5) is 0 Å². The molecule has 6 heteroatoms. The molecule has 0 saturated heterocycles. The molecule has 0 atom stereocenters. The molecule has 0 fully saturated rings. The highest BCUT2D eigenvalue weighted by atomic mass is 33.1. The predicted octanol–water partition coefficient (Wildman–Crippen LogP) is 2.40. The van der Waals surface area contributed by atoms with Crippen molar-refractivity contribution in [1.29, 1.82) is 10.8 Å². The van der Waals surface area contributed by atoms with Gasteiger partial charge >= 0.3 is 0 Å². The summed E-state index contributed by atoms with van der Waals surface area (Å²) in [6.07, 6.45) is 1.33. The van der Waals surface area contributed by atoms with Crippen LogP contribution in [0.15, 0.2) is 0 Å². The molecule has 0 heterocycles. The standard InChI is InChI=1S/C8H16N2O2S2/c1-11-7(9)3-5-13-14-6-4-8(10)12-2/h9-10H,3-6H2,1-2H3. The van der Waals surface area contributed by atoms with Crippen LogP contribution < -0.4 is 0 Å². The van der Waals surface area contributed by atoms with Crippen LogP contribution in [0.3, 0.4) is 0 Å². The monoisotopic (exact) mass is 236 g/mol. The smallest absolute Gasteiger partial charge is 0.180 e. The van der Waals surface area contributed by atoms with E-state index in [1.807, 2.05) is 0 Å². The van der Waals surface area contributed by atoms with Crippen LogP contribution in [0.1, 0.15) is 12.8 Å². The van der Waals surface area contributed by atoms with Crippen molar-refractivity contribution in [1.82, 2.24) is 0 Å². The van der Waals surface area contributed by atoms with E-state index in [0.29, 0.717) is 24.6 Å². The molecule has 0 aromatic rings. The van der Waals surface area contributed by atoms with Crippen molar-refractivity contribution in [3.8, 4) is 0 Å². The lowest BCUT2D eigenvalue weighted by atomic mass is 10.5. The zero-order chi connectivity index (χ0) is 10.8. The molecule has 0 unspecified atom stereocenters. The Morgan fingerprint density at radius 2 is 1.29 bits per heavy atom. The number of nitrogens with one attached hydrogen (secondary N) is 2. The molecule has 0 aromatic heterocycles. The predicted molar refractivity (Wildman–Crippen MR) is 63.6 cm³/mol. The van der Waals surface area contributed by atoms with Crippen LogP contribution >= 0.6 is 21.6 Å². The van der Waals surface area contributed by atoms with Crippen molar-refractivity contribution < 1.29 is 9.47 Å². The van der Waals surface area contributed by atoms with Gasteiger partial charge in [-0.2, -0.15) is 0 Å². The first kappa shape index (κ1) is 13.6. The minimum Gasteiger partial charge on any atom is -0.484 e. The summed E-state index contributed by atoms with van der Waals surface area (Å²) in [6, 6.07) is 0. The van der Waals surface area contributed by atoms with Crippen molar-refractivity contribution in [2.24, 2.45) is 0 Å². The summed E-state index contributed by atoms with van der Waals surface area (Å²) >= 11 is 0. The Bertz CT molecular complexity index is 168. The average molecular weight is 236 g/mol. The van der Waals surface area contributed by atoms with E-state index in [4.69, 9.17) is 20.3 Å². The minimum absolute atomic E-state index is 0.322. The van der Waals surface area contributed by atoms with E-state index in [2.05, 4.69) is 0 Å². The summed E-state index contributed by atoms with van der Waals surface area (Å²) in [7, 11) is 6.41. The molecular weight excluding hydrogens is 220 g/mol. The molecule has 0 amide bonds. The molecule has 4 nitrogen and oxygen atoms in total. The first-order chi connectivity index (χ1) is 6.70. The Hall–Kier alpha value is -0.360. The highest BCUT2D eigenvalue weighted by Gasteiger charge is 1.98. The minimum atomic E-state index is 0.322. The summed E-state index contributed by atoms with van der Waals surface area (Å²) < 4.78 is 9.44. The molecular formula is C8H16N2O2S2. The second-order valence-corrected chi connectivity index (χ2v) is 5.10. The van der Waals surface area contributed by atoms with E-state index in [1.54, 1.807) is 21.6 Å². The second-order valence-electron chi connectivity index (χ2n) is 2.40. The van der Waals surface area contributed by atoms with Crippen LogP contribution in [0, 0.1) is 10.8 Å². The third kappa shape index (κ3) is 8.25. The van der Waals surface area contributed by atoms with Gasteiger partial charge in [-0.15, -0.1) is 0 Å². The number of rotatable bonds is 7. The van der Waals surface area contributed by atoms with Gasteiger partial charge in [0.25, 0.3) is 0 Å². The van der Waals surface area contributed by atoms with Crippen LogP contribution in [0.5, 0.6) is 0 Å². The maximum absolute atomic E-state index is 7.22. The number of hydrogen-bond acceptors (Lipinski definition) is 6. The van der Waals surface area contributed by atoms with E-state index in [1.165, 1.54) is 14.2 Å². The fraction of sp³-hybridized carbons (Fsp3) is 0.750. The van der Waals surface area contributed by atoms with Crippen molar-refractivity contribution in [3.63, 3.8) is 0 Å². The van der Waals surface area contributed by atoms with Crippen LogP contribution in [-0.2, 0) is 9.47 Å². The summed E-state index contributed by atoms with van der Waals surface area (Å²) in [4.78, 5) is 0. The van der Waals surface area contributed by atoms with Gasteiger partial charge in [-0.25, -0.2) is 0 Å². The third-order valence-corrected chi connectivity index (χ3v) is 3.81. The first-order valence-electron chi connectivity index (χ1n) is 4.18. The van der Waals surface area contributed by atoms with Gasteiger partial charge in [0.2, 0.25) is 0 Å². The topological polar surface area (TPSA) is 66.2 Å². The zero-order valence-corrected chi connectivity index (χ0v) is 10.1. The van der Waals surface area contributed by atoms with E-state index < -0.39 is 0 Å². The first-order valence-corrected chi connectivity index (χ1v) is 6.66. The normalized spacial score (nSPS) is 9.57. The van der Waals surface area contributed by atoms with Crippen molar-refractivity contribution in [3.05, 3.63) is 0 Å². The lowest BCUT2D eigenvalue weighted by Crippen LogP contribution is -2.00. The van der Waals surface area contributed by atoms with Crippen molar-refractivity contribution >= 4 is 33.4 Å². The van der Waals surface area contributed by atoms with Gasteiger partial charge in [-0.1, -0.05) is 21.6 Å². The SMILES string of the molecule is COC(=N)CCSSCCC(=N)OC. The molecule has 82 valence electrons. The molecule has 0 saturated carbocycles. The molecule has 0 aliphatic rings. The molecule has 0 aliphatic carbocycles. The fourth-order valence-electron chi connectivity index (χ4n) is 0.591. The maximum Gasteiger partial charge on any atom is 0.180 e. The molecule has 0 aromatic carbocycles. The van der Waals surface area contributed by atoms with Crippen molar-refractivity contribution in [2.45, 2.75) is 12.8 Å². The molecule has 14 heavy (non-hydrogen) atoms. The third-order valence-electron chi connectivity index (χ3n) is 1.40. The van der Waals surface area contributed by atoms with Gasteiger partial charge in [0, 0.05) is 24.3 Å². The Morgan fingerprint density at radius 1 is 0.929 bits per heavy atom. The van der Waals surface area contributed by atoms with Gasteiger partial charge in [-0.05, 0) is 0 Å². The molecule has 0 bridgehead atoms. The van der Waals surface area contributed by atoms with Gasteiger partial charge in [0.15, 0.2) is 11.8 Å². The van der Waals surface area contributed by atoms with Crippen LogP contribution in [0.2, 0.25) is 0 Å². The number of hydrogen-bond donors (Lipinski definition) is 2. The molecule has 0 rings (SSSR count). The van der Waals surface area contributed by atoms with Crippen LogP contribution in [-0.4, -0.2) is 37.5 Å². The van der Waals surface area contributed by atoms with E-state index in [9.17, 15) is 0 Å². The summed E-state index contributed by atoms with van der Waals surface area (Å²) in [5.41, 5.74) is 0. The zero-order valence-electron chi connectivity index (χ0n) is 8.46. The number of methoxy groups -OCH3 is 2. The molecule has 0 aliphatic heterocycles. The van der Waals surface area contributed by atoms with Gasteiger partial charge in [-0.3, -0.25) is 10.8 Å². The van der Waals surface area contributed by atoms with Crippen LogP contribution in [0.25, 0.3) is 0 Å². The fourth-order valence-corrected chi connectivity index (χ4v) is 2.57. The largest absolute Gasteiger partial charge is 0.484 e. The molecule has 0 radical (unpaired) electrons. The Morgan fingerprint density at radius 3 is 1.57 bits per heavy atom. The quantitative estimate of drug-likeness (QED) is 0.308. The lowest BCUT2D eigenvalue weighted by Gasteiger charge is -2.02. The highest BCUT2D eigenvalue weighted by molar-refractivity contribution is 8.76. The Labute approximate surface area is 92.5 Å². The summed E-state index contributed by atoms with van der Waals surface area (Å²) in [5.74, 6) is 2.39. The second kappa shape index (κ2) is 9.21. The summed E-state index contributed by atoms with van der Waals surface area (Å²) in [6.45, 7) is 0. The van der Waals surface area contributed by atoms with E-state index in [-0.39, 0.29) is 0 Å². The van der Waals surface area contributed by atoms with Gasteiger partial charge < -0.3 is 9.47 Å². The number of ether oxygens (including phenoxy) is 2. The van der Waals surface area contributed by atoms with Gasteiger partial charge in [0.05, 0.1) is 14.2 Å². The van der Waals surface area contributed by atoms with Gasteiger partial charge in [0.1, 0.15) is 0 Å². The Kier molecular flexibility index (Phi) is 8.97. The molecule has 2 N–H and O–H groups in total. The van der Waals surface area contributed by atoms with E-state index in [0.717, 1.165) is 11.5 Å². The van der Waals surface area contributed by atoms with Crippen molar-refractivity contribution in [2.75, 3.05) is 25.7 Å². The maximum atomic E-state index is 7.22.